The van der Waals surface area contributed by atoms with E-state index in [1.165, 1.54) is 5.69 Å². The zero-order valence-electron chi connectivity index (χ0n) is 8.58. The number of rotatable bonds is 1. The number of aromatic nitrogens is 2. The second-order valence-electron chi connectivity index (χ2n) is 3.79. The molecule has 0 aliphatic rings. The summed E-state index contributed by atoms with van der Waals surface area (Å²) in [5.41, 5.74) is 3.16. The van der Waals surface area contributed by atoms with Gasteiger partial charge in [-0.25, -0.2) is 4.98 Å². The molecule has 0 aliphatic carbocycles. The Hall–Kier alpha value is -1.02. The van der Waals surface area contributed by atoms with Crippen molar-refractivity contribution < 1.29 is 0 Å². The molecule has 14 heavy (non-hydrogen) atoms. The Kier molecular flexibility index (Phi) is 2.23. The lowest BCUT2D eigenvalue weighted by atomic mass is 10.1. The van der Waals surface area contributed by atoms with Crippen LogP contribution in [-0.4, -0.2) is 9.38 Å². The van der Waals surface area contributed by atoms with Crippen LogP contribution in [0.15, 0.2) is 18.3 Å². The largest absolute Gasteiger partial charge is 0.302 e. The predicted molar refractivity (Wildman–Crippen MR) is 59.0 cm³/mol. The molecular weight excluding hydrogens is 196 g/mol. The average Bonchev–Trinajstić information content (AvgIpc) is 2.42. The summed E-state index contributed by atoms with van der Waals surface area (Å²) in [4.78, 5) is 4.46. The van der Waals surface area contributed by atoms with Crippen LogP contribution in [0, 0.1) is 6.92 Å². The van der Waals surface area contributed by atoms with Crippen molar-refractivity contribution in [2.45, 2.75) is 26.7 Å². The molecule has 0 aromatic carbocycles. The highest BCUT2D eigenvalue weighted by Gasteiger charge is 2.12. The summed E-state index contributed by atoms with van der Waals surface area (Å²) in [6.07, 6.45) is 2.01. The molecule has 74 valence electrons. The van der Waals surface area contributed by atoms with Crippen molar-refractivity contribution in [2.75, 3.05) is 0 Å². The molecule has 0 bridgehead atoms. The van der Waals surface area contributed by atoms with Crippen LogP contribution in [0.1, 0.15) is 31.2 Å². The number of nitrogens with zero attached hydrogens (tertiary/aromatic N) is 2. The molecule has 3 heteroatoms. The van der Waals surface area contributed by atoms with E-state index in [1.54, 1.807) is 0 Å². The van der Waals surface area contributed by atoms with Crippen LogP contribution in [0.5, 0.6) is 0 Å². The molecule has 2 nitrogen and oxygen atoms in total. The van der Waals surface area contributed by atoms with E-state index < -0.39 is 0 Å². The standard InChI is InChI=1S/C11H13ClN2/c1-7(2)10-8(3)13-11-9(12)5-4-6-14(10)11/h4-7H,1-3H3. The molecule has 0 saturated heterocycles. The van der Waals surface area contributed by atoms with Gasteiger partial charge in [0.25, 0.3) is 0 Å². The maximum atomic E-state index is 6.06. The lowest BCUT2D eigenvalue weighted by Gasteiger charge is -2.06. The van der Waals surface area contributed by atoms with Crippen molar-refractivity contribution in [3.05, 3.63) is 34.7 Å². The Balaban J connectivity index is 2.83. The van der Waals surface area contributed by atoms with E-state index in [-0.39, 0.29) is 0 Å². The molecule has 0 saturated carbocycles. The van der Waals surface area contributed by atoms with Crippen LogP contribution in [-0.2, 0) is 0 Å². The lowest BCUT2D eigenvalue weighted by Crippen LogP contribution is -1.96. The zero-order chi connectivity index (χ0) is 10.3. The van der Waals surface area contributed by atoms with Crippen LogP contribution < -0.4 is 0 Å². The molecule has 0 aliphatic heterocycles. The molecule has 0 unspecified atom stereocenters. The lowest BCUT2D eigenvalue weighted by molar-refractivity contribution is 0.799. The van der Waals surface area contributed by atoms with Crippen molar-refractivity contribution in [1.82, 2.24) is 9.38 Å². The summed E-state index contributed by atoms with van der Waals surface area (Å²) in [7, 11) is 0. The maximum absolute atomic E-state index is 6.06. The minimum Gasteiger partial charge on any atom is -0.302 e. The first-order valence-corrected chi connectivity index (χ1v) is 5.12. The summed E-state index contributed by atoms with van der Waals surface area (Å²) in [5.74, 6) is 0.462. The van der Waals surface area contributed by atoms with Crippen molar-refractivity contribution in [3.8, 4) is 0 Å². The van der Waals surface area contributed by atoms with Gasteiger partial charge in [-0.2, -0.15) is 0 Å². The van der Waals surface area contributed by atoms with Crippen LogP contribution in [0.3, 0.4) is 0 Å². The molecule has 2 rings (SSSR count). The van der Waals surface area contributed by atoms with Gasteiger partial charge >= 0.3 is 0 Å². The van der Waals surface area contributed by atoms with E-state index in [1.807, 2.05) is 25.3 Å². The predicted octanol–water partition coefficient (Wildman–Crippen LogP) is 3.42. The second-order valence-corrected chi connectivity index (χ2v) is 4.19. The molecule has 0 spiro atoms. The summed E-state index contributed by atoms with van der Waals surface area (Å²) in [6.45, 7) is 6.35. The number of hydrogen-bond donors (Lipinski definition) is 0. The fraction of sp³-hybridized carbons (Fsp3) is 0.364. The van der Waals surface area contributed by atoms with E-state index in [0.717, 1.165) is 11.3 Å². The van der Waals surface area contributed by atoms with E-state index in [9.17, 15) is 0 Å². The van der Waals surface area contributed by atoms with Gasteiger partial charge in [0.15, 0.2) is 5.65 Å². The van der Waals surface area contributed by atoms with Gasteiger partial charge < -0.3 is 4.40 Å². The Labute approximate surface area is 88.5 Å². The molecular formula is C11H13ClN2. The third-order valence-electron chi connectivity index (χ3n) is 2.37. The van der Waals surface area contributed by atoms with Gasteiger partial charge in [-0.1, -0.05) is 25.4 Å². The second kappa shape index (κ2) is 3.28. The van der Waals surface area contributed by atoms with Gasteiger partial charge in [-0.05, 0) is 25.0 Å². The van der Waals surface area contributed by atoms with Gasteiger partial charge in [-0.15, -0.1) is 0 Å². The molecule has 2 aromatic heterocycles. The van der Waals surface area contributed by atoms with Crippen molar-refractivity contribution in [2.24, 2.45) is 0 Å². The Morgan fingerprint density at radius 3 is 2.79 bits per heavy atom. The fourth-order valence-electron chi connectivity index (χ4n) is 1.86. The number of imidazole rings is 1. The van der Waals surface area contributed by atoms with Crippen molar-refractivity contribution in [1.29, 1.82) is 0 Å². The molecule has 2 heterocycles. The minimum atomic E-state index is 0.462. The third kappa shape index (κ3) is 1.30. The number of aryl methyl sites for hydroxylation is 1. The highest BCUT2D eigenvalue weighted by atomic mass is 35.5. The quantitative estimate of drug-likeness (QED) is 0.702. The molecule has 0 N–H and O–H groups in total. The minimum absolute atomic E-state index is 0.462. The monoisotopic (exact) mass is 208 g/mol. The summed E-state index contributed by atoms with van der Waals surface area (Å²) < 4.78 is 2.07. The number of hydrogen-bond acceptors (Lipinski definition) is 1. The average molecular weight is 209 g/mol. The van der Waals surface area contributed by atoms with Gasteiger partial charge in [0.1, 0.15) is 0 Å². The molecule has 0 fully saturated rings. The molecule has 0 atom stereocenters. The van der Waals surface area contributed by atoms with Crippen LogP contribution in [0.2, 0.25) is 5.02 Å². The number of pyridine rings is 1. The highest BCUT2D eigenvalue weighted by Crippen LogP contribution is 2.24. The topological polar surface area (TPSA) is 17.3 Å². The Bertz CT molecular complexity index is 471. The van der Waals surface area contributed by atoms with Gasteiger partial charge in [0.2, 0.25) is 0 Å². The van der Waals surface area contributed by atoms with Crippen LogP contribution in [0.4, 0.5) is 0 Å². The third-order valence-corrected chi connectivity index (χ3v) is 2.67. The molecule has 0 radical (unpaired) electrons. The first-order valence-electron chi connectivity index (χ1n) is 4.74. The van der Waals surface area contributed by atoms with E-state index in [0.29, 0.717) is 10.9 Å². The van der Waals surface area contributed by atoms with E-state index in [4.69, 9.17) is 11.6 Å². The summed E-state index contributed by atoms with van der Waals surface area (Å²) >= 11 is 6.06. The normalized spacial score (nSPS) is 11.5. The number of halogens is 1. The number of fused-ring (bicyclic) bond motifs is 1. The van der Waals surface area contributed by atoms with E-state index in [2.05, 4.69) is 23.2 Å². The molecule has 2 aromatic rings. The Morgan fingerprint density at radius 2 is 2.14 bits per heavy atom. The Morgan fingerprint density at radius 1 is 1.43 bits per heavy atom. The van der Waals surface area contributed by atoms with Crippen molar-refractivity contribution >= 4 is 17.2 Å². The summed E-state index contributed by atoms with van der Waals surface area (Å²) in [6, 6.07) is 3.82. The van der Waals surface area contributed by atoms with Gasteiger partial charge in [-0.3, -0.25) is 0 Å². The highest BCUT2D eigenvalue weighted by molar-refractivity contribution is 6.33. The fourth-order valence-corrected chi connectivity index (χ4v) is 2.07. The first kappa shape index (κ1) is 9.53. The van der Waals surface area contributed by atoms with Crippen LogP contribution in [0.25, 0.3) is 5.65 Å². The van der Waals surface area contributed by atoms with Crippen LogP contribution >= 0.6 is 11.6 Å². The van der Waals surface area contributed by atoms with Crippen molar-refractivity contribution in [3.63, 3.8) is 0 Å². The molecule has 0 amide bonds. The van der Waals surface area contributed by atoms with Gasteiger partial charge in [0, 0.05) is 11.9 Å². The smallest absolute Gasteiger partial charge is 0.156 e. The zero-order valence-corrected chi connectivity index (χ0v) is 9.34. The maximum Gasteiger partial charge on any atom is 0.156 e. The van der Waals surface area contributed by atoms with E-state index >= 15 is 0 Å². The SMILES string of the molecule is Cc1nc2c(Cl)cccn2c1C(C)C. The van der Waals surface area contributed by atoms with Gasteiger partial charge in [0.05, 0.1) is 10.7 Å². The summed E-state index contributed by atoms with van der Waals surface area (Å²) in [5, 5.41) is 0.711. The first-order chi connectivity index (χ1) is 6.61.